The highest BCUT2D eigenvalue weighted by Gasteiger charge is 2.14. The first-order valence-corrected chi connectivity index (χ1v) is 7.04. The molecule has 0 fully saturated rings. The number of nitrogens with zero attached hydrogens (tertiary/aromatic N) is 3. The maximum Gasteiger partial charge on any atom is 0.256 e. The van der Waals surface area contributed by atoms with Crippen molar-refractivity contribution in [1.82, 2.24) is 5.01 Å². The van der Waals surface area contributed by atoms with E-state index in [1.807, 2.05) is 6.92 Å². The predicted octanol–water partition coefficient (Wildman–Crippen LogP) is 0.513. The summed E-state index contributed by atoms with van der Waals surface area (Å²) in [6.45, 7) is 2.61. The number of rotatable bonds is 5. The molecule has 0 aromatic heterocycles. The van der Waals surface area contributed by atoms with E-state index in [1.54, 1.807) is 6.21 Å². The van der Waals surface area contributed by atoms with Gasteiger partial charge in [-0.1, -0.05) is 19.8 Å². The lowest BCUT2D eigenvalue weighted by Crippen LogP contribution is -2.32. The molecule has 0 amide bonds. The zero-order valence-electron chi connectivity index (χ0n) is 9.46. The van der Waals surface area contributed by atoms with Gasteiger partial charge >= 0.3 is 0 Å². The largest absolute Gasteiger partial charge is 0.367 e. The smallest absolute Gasteiger partial charge is 0.256 e. The quantitative estimate of drug-likeness (QED) is 0.435. The molecular formula is C9H18N4O2S. The standard InChI is InChI=1S/C9H18N4O2S/c1-2-3-4-8-16(14,15)12-9(10)13-7-5-6-11-13/h6H,2-5,7-8H2,1H3,(H2,10,12). The van der Waals surface area contributed by atoms with Gasteiger partial charge in [-0.2, -0.15) is 5.10 Å². The van der Waals surface area contributed by atoms with Crippen molar-refractivity contribution in [2.24, 2.45) is 15.2 Å². The highest BCUT2D eigenvalue weighted by atomic mass is 32.2. The lowest BCUT2D eigenvalue weighted by Gasteiger charge is -2.11. The summed E-state index contributed by atoms with van der Waals surface area (Å²) < 4.78 is 26.6. The minimum absolute atomic E-state index is 0.0368. The van der Waals surface area contributed by atoms with Crippen molar-refractivity contribution in [2.75, 3.05) is 12.3 Å². The SMILES string of the molecule is CCCCCS(=O)(=O)N=C(N)N1CCC=N1. The molecule has 1 aliphatic heterocycles. The van der Waals surface area contributed by atoms with E-state index in [0.717, 1.165) is 19.3 Å². The van der Waals surface area contributed by atoms with Gasteiger partial charge in [-0.15, -0.1) is 4.40 Å². The fourth-order valence-electron chi connectivity index (χ4n) is 1.34. The Labute approximate surface area is 96.3 Å². The Morgan fingerprint density at radius 2 is 2.31 bits per heavy atom. The van der Waals surface area contributed by atoms with Crippen LogP contribution in [0.2, 0.25) is 0 Å². The lowest BCUT2D eigenvalue weighted by molar-refractivity contribution is 0.485. The van der Waals surface area contributed by atoms with Gasteiger partial charge in [-0.05, 0) is 6.42 Å². The van der Waals surface area contributed by atoms with Crippen molar-refractivity contribution in [3.05, 3.63) is 0 Å². The first-order valence-electron chi connectivity index (χ1n) is 5.43. The Kier molecular flexibility index (Phi) is 4.72. The van der Waals surface area contributed by atoms with Crippen LogP contribution in [0.4, 0.5) is 0 Å². The minimum Gasteiger partial charge on any atom is -0.367 e. The fourth-order valence-corrected chi connectivity index (χ4v) is 2.38. The van der Waals surface area contributed by atoms with Gasteiger partial charge in [0.1, 0.15) is 0 Å². The van der Waals surface area contributed by atoms with Crippen LogP contribution in [-0.4, -0.2) is 37.9 Å². The molecule has 0 unspecified atom stereocenters. The third kappa shape index (κ3) is 4.18. The van der Waals surface area contributed by atoms with Gasteiger partial charge < -0.3 is 5.73 Å². The predicted molar refractivity (Wildman–Crippen MR) is 64.7 cm³/mol. The molecule has 2 N–H and O–H groups in total. The van der Waals surface area contributed by atoms with Crippen LogP contribution >= 0.6 is 0 Å². The molecule has 6 nitrogen and oxygen atoms in total. The molecule has 7 heteroatoms. The van der Waals surface area contributed by atoms with Crippen molar-refractivity contribution in [3.63, 3.8) is 0 Å². The minimum atomic E-state index is -3.44. The lowest BCUT2D eigenvalue weighted by atomic mass is 10.3. The number of nitrogens with two attached hydrogens (primary N) is 1. The Morgan fingerprint density at radius 1 is 1.56 bits per heavy atom. The van der Waals surface area contributed by atoms with Gasteiger partial charge in [0.2, 0.25) is 5.96 Å². The summed E-state index contributed by atoms with van der Waals surface area (Å²) >= 11 is 0. The van der Waals surface area contributed by atoms with Gasteiger partial charge in [-0.25, -0.2) is 13.4 Å². The fraction of sp³-hybridized carbons (Fsp3) is 0.778. The molecule has 0 spiro atoms. The van der Waals surface area contributed by atoms with Crippen LogP contribution in [0.1, 0.15) is 32.6 Å². The molecule has 1 heterocycles. The second-order valence-corrected chi connectivity index (χ2v) is 5.41. The van der Waals surface area contributed by atoms with Crippen molar-refractivity contribution in [3.8, 4) is 0 Å². The van der Waals surface area contributed by atoms with Gasteiger partial charge in [0.15, 0.2) is 0 Å². The average molecular weight is 246 g/mol. The number of unbranched alkanes of at least 4 members (excludes halogenated alkanes) is 2. The van der Waals surface area contributed by atoms with E-state index in [0.29, 0.717) is 13.0 Å². The maximum atomic E-state index is 11.5. The molecule has 0 aromatic carbocycles. The van der Waals surface area contributed by atoms with E-state index in [2.05, 4.69) is 9.50 Å². The number of hydrogen-bond acceptors (Lipinski definition) is 3. The second kappa shape index (κ2) is 5.83. The Bertz CT molecular complexity index is 375. The van der Waals surface area contributed by atoms with Crippen LogP contribution in [0.15, 0.2) is 9.50 Å². The first-order chi connectivity index (χ1) is 7.55. The monoisotopic (exact) mass is 246 g/mol. The van der Waals surface area contributed by atoms with Crippen molar-refractivity contribution >= 4 is 22.2 Å². The van der Waals surface area contributed by atoms with E-state index < -0.39 is 10.0 Å². The van der Waals surface area contributed by atoms with Crippen LogP contribution in [0.3, 0.4) is 0 Å². The van der Waals surface area contributed by atoms with Crippen LogP contribution in [0.25, 0.3) is 0 Å². The van der Waals surface area contributed by atoms with Gasteiger partial charge in [0.25, 0.3) is 10.0 Å². The zero-order valence-corrected chi connectivity index (χ0v) is 10.3. The molecule has 1 rings (SSSR count). The molecule has 1 aliphatic rings. The Morgan fingerprint density at radius 3 is 2.88 bits per heavy atom. The number of sulfonamides is 1. The van der Waals surface area contributed by atoms with Crippen molar-refractivity contribution < 1.29 is 8.42 Å². The van der Waals surface area contributed by atoms with Crippen molar-refractivity contribution in [1.29, 1.82) is 0 Å². The molecule has 0 radical (unpaired) electrons. The molecule has 0 bridgehead atoms. The second-order valence-electron chi connectivity index (χ2n) is 3.65. The van der Waals surface area contributed by atoms with E-state index in [9.17, 15) is 8.42 Å². The maximum absolute atomic E-state index is 11.5. The van der Waals surface area contributed by atoms with Gasteiger partial charge in [0, 0.05) is 19.2 Å². The summed E-state index contributed by atoms with van der Waals surface area (Å²) in [6, 6.07) is 0. The molecule has 16 heavy (non-hydrogen) atoms. The van der Waals surface area contributed by atoms with Crippen LogP contribution in [-0.2, 0) is 10.0 Å². The molecule has 92 valence electrons. The van der Waals surface area contributed by atoms with Gasteiger partial charge in [0.05, 0.1) is 5.75 Å². The Balaban J connectivity index is 2.55. The van der Waals surface area contributed by atoms with E-state index in [1.165, 1.54) is 5.01 Å². The summed E-state index contributed by atoms with van der Waals surface area (Å²) in [5.74, 6) is 0.0179. The van der Waals surface area contributed by atoms with Crippen LogP contribution in [0, 0.1) is 0 Å². The number of guanidine groups is 1. The van der Waals surface area contributed by atoms with Gasteiger partial charge in [-0.3, -0.25) is 0 Å². The number of hydrogen-bond donors (Lipinski definition) is 1. The van der Waals surface area contributed by atoms with E-state index >= 15 is 0 Å². The van der Waals surface area contributed by atoms with E-state index in [4.69, 9.17) is 5.73 Å². The normalized spacial score (nSPS) is 17.1. The van der Waals surface area contributed by atoms with Crippen LogP contribution in [0.5, 0.6) is 0 Å². The number of hydrazone groups is 1. The summed E-state index contributed by atoms with van der Waals surface area (Å²) in [4.78, 5) is 0. The van der Waals surface area contributed by atoms with Crippen LogP contribution < -0.4 is 5.73 Å². The summed E-state index contributed by atoms with van der Waals surface area (Å²) in [6.07, 6.45) is 4.94. The highest BCUT2D eigenvalue weighted by molar-refractivity contribution is 7.90. The summed E-state index contributed by atoms with van der Waals surface area (Å²) in [5, 5.41) is 5.30. The summed E-state index contributed by atoms with van der Waals surface area (Å²) in [5.41, 5.74) is 5.55. The third-order valence-electron chi connectivity index (χ3n) is 2.19. The molecule has 0 saturated heterocycles. The zero-order chi connectivity index (χ0) is 12.0. The summed E-state index contributed by atoms with van der Waals surface area (Å²) in [7, 11) is -3.44. The Hall–Kier alpha value is -1.11. The molecule has 0 atom stereocenters. The van der Waals surface area contributed by atoms with Crippen molar-refractivity contribution in [2.45, 2.75) is 32.6 Å². The molecule has 0 saturated carbocycles. The average Bonchev–Trinajstić information content (AvgIpc) is 2.69. The van der Waals surface area contributed by atoms with E-state index in [-0.39, 0.29) is 11.7 Å². The molecule has 0 aromatic rings. The molecular weight excluding hydrogens is 228 g/mol. The topological polar surface area (TPSA) is 88.1 Å². The first kappa shape index (κ1) is 13.0. The highest BCUT2D eigenvalue weighted by Crippen LogP contribution is 2.04. The molecule has 0 aliphatic carbocycles. The third-order valence-corrected chi connectivity index (χ3v) is 3.46.